The predicted octanol–water partition coefficient (Wildman–Crippen LogP) is 10.4. The number of likely N-dealkylation sites (tertiary alicyclic amines) is 2. The van der Waals surface area contributed by atoms with Crippen LogP contribution in [0.25, 0.3) is 21.1 Å². The Morgan fingerprint density at radius 3 is 1.43 bits per heavy atom. The van der Waals surface area contributed by atoms with Crippen molar-refractivity contribution in [3.8, 4) is 32.6 Å². The Hall–Kier alpha value is -4.81. The van der Waals surface area contributed by atoms with Crippen LogP contribution < -0.4 is 9.47 Å². The van der Waals surface area contributed by atoms with Crippen molar-refractivity contribution in [2.24, 2.45) is 0 Å². The maximum Gasteiger partial charge on any atom is 0.174 e. The molecule has 0 N–H and O–H groups in total. The molecule has 0 saturated carbocycles. The lowest BCUT2D eigenvalue weighted by Gasteiger charge is -2.44. The Balaban J connectivity index is 1.14. The average molecular weight is 791 g/mol. The molecule has 2 fully saturated rings. The van der Waals surface area contributed by atoms with E-state index < -0.39 is 12.1 Å². The van der Waals surface area contributed by atoms with Gasteiger partial charge in [0, 0.05) is 21.9 Å². The number of rotatable bonds is 14. The van der Waals surface area contributed by atoms with Crippen molar-refractivity contribution >= 4 is 28.5 Å². The Morgan fingerprint density at radius 2 is 1.02 bits per heavy atom. The van der Waals surface area contributed by atoms with Crippen molar-refractivity contribution in [1.29, 1.82) is 0 Å². The quantitative estimate of drug-likeness (QED) is 0.109. The molecule has 0 bridgehead atoms. The summed E-state index contributed by atoms with van der Waals surface area (Å²) in [6.07, 6.45) is 5.63. The summed E-state index contributed by atoms with van der Waals surface area (Å²) in [4.78, 5) is 30.4. The van der Waals surface area contributed by atoms with Gasteiger partial charge in [0.15, 0.2) is 5.78 Å². The maximum absolute atomic E-state index is 15.6. The molecule has 8 rings (SSSR count). The van der Waals surface area contributed by atoms with E-state index in [4.69, 9.17) is 19.4 Å². The number of carbonyl (C=O) groups is 1. The monoisotopic (exact) mass is 790 g/mol. The van der Waals surface area contributed by atoms with Gasteiger partial charge in [0.25, 0.3) is 0 Å². The minimum absolute atomic E-state index is 0.0404. The fourth-order valence-corrected chi connectivity index (χ4v) is 9.65. The van der Waals surface area contributed by atoms with E-state index in [1.807, 2.05) is 60.7 Å². The van der Waals surface area contributed by atoms with Gasteiger partial charge in [0.2, 0.25) is 0 Å². The molecule has 4 atom stereocenters. The highest BCUT2D eigenvalue weighted by Gasteiger charge is 2.43. The van der Waals surface area contributed by atoms with E-state index in [-0.39, 0.29) is 42.7 Å². The van der Waals surface area contributed by atoms with E-state index in [0.717, 1.165) is 71.1 Å². The van der Waals surface area contributed by atoms with Gasteiger partial charge < -0.3 is 9.47 Å². The molecule has 0 aliphatic carbocycles. The van der Waals surface area contributed by atoms with Crippen LogP contribution in [0.5, 0.6) is 11.5 Å². The van der Waals surface area contributed by atoms with Crippen LogP contribution in [0.4, 0.5) is 8.78 Å². The molecule has 0 amide bonds. The summed E-state index contributed by atoms with van der Waals surface area (Å²) >= 11 is 3.08. The van der Waals surface area contributed by atoms with Gasteiger partial charge in [-0.15, -0.1) is 22.7 Å². The lowest BCUT2D eigenvalue weighted by molar-refractivity contribution is -0.136. The minimum Gasteiger partial charge on any atom is -0.491 e. The second kappa shape index (κ2) is 18.0. The second-order valence-electron chi connectivity index (χ2n) is 14.3. The van der Waals surface area contributed by atoms with Crippen LogP contribution in [0.1, 0.15) is 62.0 Å². The number of benzene rings is 4. The molecule has 2 unspecified atom stereocenters. The summed E-state index contributed by atoms with van der Waals surface area (Å²) in [5.41, 5.74) is 3.55. The number of thiazole rings is 2. The van der Waals surface area contributed by atoms with Crippen LogP contribution in [0.2, 0.25) is 0 Å². The Bertz CT molecular complexity index is 2010. The standard InChI is InChI=1S/C45H44F2N4O3S2/c46-33-21-17-31(18-22-33)44-48-37(29-55-44)39-15-7-9-25-50(39)41(27-53-35-11-3-1-4-12-35)43(52)42(28-54-36-13-5-2-6-14-36)51-26-10-8-16-40(51)38-30-56-45(49-38)32-19-23-34(47)24-20-32/h1-6,11-14,17-24,29-30,39-42H,7-10,15-16,25-28H2/t39-,40-,41?,42?/m1/s1. The van der Waals surface area contributed by atoms with Crippen LogP contribution in [0.3, 0.4) is 0 Å². The number of hydrogen-bond donors (Lipinski definition) is 0. The van der Waals surface area contributed by atoms with E-state index in [1.165, 1.54) is 46.9 Å². The van der Waals surface area contributed by atoms with Crippen LogP contribution in [-0.4, -0.2) is 63.9 Å². The lowest BCUT2D eigenvalue weighted by atomic mass is 9.91. The number of Topliss-reactive ketones (excluding diaryl/α,β-unsaturated/α-hetero) is 1. The summed E-state index contributed by atoms with van der Waals surface area (Å²) in [6.45, 7) is 1.76. The van der Waals surface area contributed by atoms with Crippen molar-refractivity contribution in [1.82, 2.24) is 19.8 Å². The first kappa shape index (κ1) is 38.1. The van der Waals surface area contributed by atoms with E-state index in [1.54, 1.807) is 24.3 Å². The summed E-state index contributed by atoms with van der Waals surface area (Å²) < 4.78 is 40.5. The van der Waals surface area contributed by atoms with Gasteiger partial charge >= 0.3 is 0 Å². The van der Waals surface area contributed by atoms with Crippen LogP contribution >= 0.6 is 22.7 Å². The molecule has 56 heavy (non-hydrogen) atoms. The number of aromatic nitrogens is 2. The van der Waals surface area contributed by atoms with Crippen molar-refractivity contribution in [2.45, 2.75) is 62.7 Å². The third-order valence-electron chi connectivity index (χ3n) is 10.8. The zero-order valence-electron chi connectivity index (χ0n) is 31.0. The molecule has 0 radical (unpaired) electrons. The van der Waals surface area contributed by atoms with Gasteiger partial charge in [-0.3, -0.25) is 14.6 Å². The third-order valence-corrected chi connectivity index (χ3v) is 12.6. The van der Waals surface area contributed by atoms with Gasteiger partial charge in [-0.05, 0) is 112 Å². The first-order valence-corrected chi connectivity index (χ1v) is 21.1. The molecule has 2 aliphatic rings. The summed E-state index contributed by atoms with van der Waals surface area (Å²) in [5.74, 6) is 0.880. The number of para-hydroxylation sites is 2. The molecule has 4 heterocycles. The summed E-state index contributed by atoms with van der Waals surface area (Å²) in [5, 5.41) is 5.81. The highest BCUT2D eigenvalue weighted by atomic mass is 32.1. The number of carbonyl (C=O) groups excluding carboxylic acids is 1. The smallest absolute Gasteiger partial charge is 0.174 e. The van der Waals surface area contributed by atoms with Crippen molar-refractivity contribution < 1.29 is 23.0 Å². The van der Waals surface area contributed by atoms with Gasteiger partial charge in [-0.2, -0.15) is 0 Å². The van der Waals surface area contributed by atoms with Gasteiger partial charge in [0.1, 0.15) is 58.4 Å². The molecular weight excluding hydrogens is 747 g/mol. The molecule has 2 saturated heterocycles. The van der Waals surface area contributed by atoms with E-state index in [9.17, 15) is 8.78 Å². The van der Waals surface area contributed by atoms with Crippen molar-refractivity contribution in [3.05, 3.63) is 143 Å². The maximum atomic E-state index is 15.6. The third kappa shape index (κ3) is 8.92. The molecule has 2 aliphatic heterocycles. The molecule has 2 aromatic heterocycles. The first-order chi connectivity index (χ1) is 27.5. The fourth-order valence-electron chi connectivity index (χ4n) is 7.91. The van der Waals surface area contributed by atoms with Crippen molar-refractivity contribution in [3.63, 3.8) is 0 Å². The highest BCUT2D eigenvalue weighted by Crippen LogP contribution is 2.39. The van der Waals surface area contributed by atoms with Crippen LogP contribution in [-0.2, 0) is 4.79 Å². The largest absolute Gasteiger partial charge is 0.491 e. The number of halogens is 2. The minimum atomic E-state index is -0.603. The van der Waals surface area contributed by atoms with Crippen LogP contribution in [0.15, 0.2) is 120 Å². The van der Waals surface area contributed by atoms with E-state index in [2.05, 4.69) is 20.6 Å². The summed E-state index contributed by atoms with van der Waals surface area (Å²) in [7, 11) is 0. The molecule has 11 heteroatoms. The Morgan fingerprint density at radius 1 is 0.607 bits per heavy atom. The van der Waals surface area contributed by atoms with E-state index in [0.29, 0.717) is 24.6 Å². The zero-order valence-corrected chi connectivity index (χ0v) is 32.6. The topological polar surface area (TPSA) is 67.8 Å². The molecule has 7 nitrogen and oxygen atoms in total. The van der Waals surface area contributed by atoms with Gasteiger partial charge in [0.05, 0.1) is 23.5 Å². The average Bonchev–Trinajstić information content (AvgIpc) is 3.94. The number of ether oxygens (including phenoxy) is 2. The molecule has 288 valence electrons. The Labute approximate surface area is 334 Å². The highest BCUT2D eigenvalue weighted by molar-refractivity contribution is 7.13. The SMILES string of the molecule is O=C(C(COc1ccccc1)N1CCCC[C@@H]1c1csc(-c2ccc(F)cc2)n1)C(COc1ccccc1)N1CCCC[C@@H]1c1csc(-c2ccc(F)cc2)n1. The number of hydrogen-bond acceptors (Lipinski definition) is 9. The first-order valence-electron chi connectivity index (χ1n) is 19.3. The molecule has 4 aromatic carbocycles. The number of piperidine rings is 2. The summed E-state index contributed by atoms with van der Waals surface area (Å²) in [6, 6.07) is 30.8. The molecule has 0 spiro atoms. The van der Waals surface area contributed by atoms with E-state index >= 15 is 4.79 Å². The lowest BCUT2D eigenvalue weighted by Crippen LogP contribution is -2.58. The number of nitrogens with zero attached hydrogens (tertiary/aromatic N) is 4. The fraction of sp³-hybridized carbons (Fsp3) is 0.311. The normalized spacial score (nSPS) is 19.0. The Kier molecular flexibility index (Phi) is 12.2. The number of ketones is 1. The van der Waals surface area contributed by atoms with Crippen LogP contribution in [0, 0.1) is 11.6 Å². The molecule has 6 aromatic rings. The zero-order chi connectivity index (χ0) is 38.3. The second-order valence-corrected chi connectivity index (χ2v) is 16.1. The van der Waals surface area contributed by atoms with Crippen molar-refractivity contribution in [2.75, 3.05) is 26.3 Å². The molecular formula is C45H44F2N4O3S2. The van der Waals surface area contributed by atoms with Gasteiger partial charge in [-0.1, -0.05) is 49.2 Å². The predicted molar refractivity (Wildman–Crippen MR) is 218 cm³/mol. The van der Waals surface area contributed by atoms with Gasteiger partial charge in [-0.25, -0.2) is 18.7 Å².